The predicted octanol–water partition coefficient (Wildman–Crippen LogP) is 7.84. The van der Waals surface area contributed by atoms with Crippen LogP contribution in [0.1, 0.15) is 66.8 Å². The van der Waals surface area contributed by atoms with E-state index in [1.165, 1.54) is 0 Å². The van der Waals surface area contributed by atoms with Crippen molar-refractivity contribution in [3.63, 3.8) is 0 Å². The van der Waals surface area contributed by atoms with Crippen LogP contribution in [0.4, 0.5) is 11.4 Å². The van der Waals surface area contributed by atoms with Gasteiger partial charge in [-0.3, -0.25) is 9.59 Å². The van der Waals surface area contributed by atoms with Crippen molar-refractivity contribution in [1.82, 2.24) is 14.9 Å². The molecule has 0 bridgehead atoms. The molecule has 54 heavy (non-hydrogen) atoms. The number of aliphatic hydroxyl groups excluding tert-OH is 1. The largest absolute Gasteiger partial charge is 0.397 e. The first-order valence-electron chi connectivity index (χ1n) is 18.4. The molecule has 5 aromatic carbocycles. The Balaban J connectivity index is 0.951. The van der Waals surface area contributed by atoms with Crippen LogP contribution in [0.2, 0.25) is 0 Å². The van der Waals surface area contributed by atoms with Gasteiger partial charge in [0.05, 0.1) is 54.1 Å². The SMILES string of the molecule is Nc1ccccc1NC(=O)CCCCC(=O)NCc1cccc(-c2ccc([C@H]3O[C@@H](Cn4cnc5ccccc54)C[C@@H](c4ccc(CO)cc4)O3)cc2)c1. The highest BCUT2D eigenvalue weighted by Crippen LogP contribution is 2.39. The number of para-hydroxylation sites is 4. The molecule has 1 saturated heterocycles. The summed E-state index contributed by atoms with van der Waals surface area (Å²) in [4.78, 5) is 29.4. The van der Waals surface area contributed by atoms with E-state index in [4.69, 9.17) is 15.2 Å². The van der Waals surface area contributed by atoms with Crippen LogP contribution in [-0.4, -0.2) is 32.6 Å². The summed E-state index contributed by atoms with van der Waals surface area (Å²) in [5.41, 5.74) is 14.9. The summed E-state index contributed by atoms with van der Waals surface area (Å²) < 4.78 is 15.3. The number of carbonyl (C=O) groups is 2. The van der Waals surface area contributed by atoms with Gasteiger partial charge < -0.3 is 35.5 Å². The monoisotopic (exact) mass is 723 g/mol. The lowest BCUT2D eigenvalue weighted by Crippen LogP contribution is -2.32. The van der Waals surface area contributed by atoms with E-state index >= 15 is 0 Å². The van der Waals surface area contributed by atoms with Crippen LogP contribution in [0.25, 0.3) is 22.2 Å². The Morgan fingerprint density at radius 3 is 2.31 bits per heavy atom. The molecule has 10 heteroatoms. The van der Waals surface area contributed by atoms with Gasteiger partial charge in [-0.25, -0.2) is 4.98 Å². The van der Waals surface area contributed by atoms with Crippen LogP contribution >= 0.6 is 0 Å². The third-order valence-corrected chi connectivity index (χ3v) is 9.77. The maximum absolute atomic E-state index is 12.6. The van der Waals surface area contributed by atoms with E-state index in [0.29, 0.717) is 56.6 Å². The average molecular weight is 724 g/mol. The van der Waals surface area contributed by atoms with Crippen molar-refractivity contribution >= 4 is 34.2 Å². The van der Waals surface area contributed by atoms with Crippen molar-refractivity contribution in [2.24, 2.45) is 0 Å². The molecule has 2 amide bonds. The number of imidazole rings is 1. The Morgan fingerprint density at radius 1 is 0.778 bits per heavy atom. The number of nitrogens with one attached hydrogen (secondary N) is 2. The first kappa shape index (κ1) is 36.5. The highest BCUT2D eigenvalue weighted by atomic mass is 16.7. The maximum Gasteiger partial charge on any atom is 0.224 e. The number of carbonyl (C=O) groups excluding carboxylic acids is 2. The highest BCUT2D eigenvalue weighted by molar-refractivity contribution is 5.93. The number of fused-ring (bicyclic) bond motifs is 1. The summed E-state index contributed by atoms with van der Waals surface area (Å²) in [5, 5.41) is 15.4. The molecule has 1 aliphatic heterocycles. The number of benzene rings is 5. The van der Waals surface area contributed by atoms with Crippen LogP contribution in [0.3, 0.4) is 0 Å². The quantitative estimate of drug-likeness (QED) is 0.0663. The third kappa shape index (κ3) is 9.21. The summed E-state index contributed by atoms with van der Waals surface area (Å²) >= 11 is 0. The Bertz CT molecular complexity index is 2180. The minimum Gasteiger partial charge on any atom is -0.397 e. The zero-order chi connectivity index (χ0) is 37.3. The molecular weight excluding hydrogens is 679 g/mol. The number of nitrogens with two attached hydrogens (primary N) is 1. The summed E-state index contributed by atoms with van der Waals surface area (Å²) in [6.07, 6.45) is 3.53. The lowest BCUT2D eigenvalue weighted by Gasteiger charge is -2.36. The van der Waals surface area contributed by atoms with E-state index in [0.717, 1.165) is 44.4 Å². The smallest absolute Gasteiger partial charge is 0.224 e. The standard InChI is InChI=1S/C44H45N5O5/c45-37-10-1-2-11-38(37)48-43(52)15-6-5-14-42(51)46-26-31-8-7-9-35(24-31)32-20-22-34(23-21-32)44-53-36(27-49-29-47-39-12-3-4-13-40(39)49)25-41(54-44)33-18-16-30(28-50)17-19-33/h1-4,7-13,16-24,29,36,41,44,50H,5-6,14-15,25-28,45H2,(H,46,51)(H,48,52)/t36-,41+,44+/m1/s1. The van der Waals surface area contributed by atoms with Crippen molar-refractivity contribution in [3.8, 4) is 11.1 Å². The van der Waals surface area contributed by atoms with Crippen molar-refractivity contribution in [3.05, 3.63) is 150 Å². The zero-order valence-corrected chi connectivity index (χ0v) is 30.1. The number of nitrogens with zero attached hydrogens (tertiary/aromatic N) is 2. The molecule has 1 aromatic heterocycles. The Morgan fingerprint density at radius 2 is 1.52 bits per heavy atom. The molecule has 7 rings (SSSR count). The second-order valence-corrected chi connectivity index (χ2v) is 13.7. The number of ether oxygens (including phenoxy) is 2. The van der Waals surface area contributed by atoms with Gasteiger partial charge in [0.15, 0.2) is 6.29 Å². The fraction of sp³-hybridized carbons (Fsp3) is 0.250. The molecule has 6 aromatic rings. The molecular formula is C44H45N5O5. The Hall–Kier alpha value is -5.81. The van der Waals surface area contributed by atoms with Gasteiger partial charge in [-0.1, -0.05) is 91.0 Å². The average Bonchev–Trinajstić information content (AvgIpc) is 3.62. The summed E-state index contributed by atoms with van der Waals surface area (Å²) in [6.45, 7) is 1.04. The molecule has 0 spiro atoms. The van der Waals surface area contributed by atoms with Gasteiger partial charge in [-0.15, -0.1) is 0 Å². The maximum atomic E-state index is 12.6. The Labute approximate surface area is 315 Å². The van der Waals surface area contributed by atoms with E-state index in [2.05, 4.69) is 50.5 Å². The zero-order valence-electron chi connectivity index (χ0n) is 30.1. The second-order valence-electron chi connectivity index (χ2n) is 13.7. The number of hydrogen-bond acceptors (Lipinski definition) is 7. The van der Waals surface area contributed by atoms with E-state index in [1.807, 2.05) is 85.2 Å². The van der Waals surface area contributed by atoms with Gasteiger partial charge in [-0.2, -0.15) is 0 Å². The number of hydrogen-bond donors (Lipinski definition) is 4. The molecule has 276 valence electrons. The van der Waals surface area contributed by atoms with Crippen molar-refractivity contribution < 1.29 is 24.2 Å². The molecule has 0 saturated carbocycles. The number of rotatable bonds is 14. The molecule has 5 N–H and O–H groups in total. The first-order chi connectivity index (χ1) is 26.4. The minimum absolute atomic E-state index is 0.00662. The number of unbranched alkanes of at least 4 members (excludes halogenated alkanes) is 1. The fourth-order valence-corrected chi connectivity index (χ4v) is 6.79. The van der Waals surface area contributed by atoms with Gasteiger partial charge >= 0.3 is 0 Å². The highest BCUT2D eigenvalue weighted by Gasteiger charge is 2.32. The summed E-state index contributed by atoms with van der Waals surface area (Å²) in [7, 11) is 0. The van der Waals surface area contributed by atoms with Gasteiger partial charge in [0.25, 0.3) is 0 Å². The van der Waals surface area contributed by atoms with Crippen LogP contribution < -0.4 is 16.4 Å². The minimum atomic E-state index is -0.575. The van der Waals surface area contributed by atoms with E-state index < -0.39 is 6.29 Å². The molecule has 10 nitrogen and oxygen atoms in total. The molecule has 3 atom stereocenters. The van der Waals surface area contributed by atoms with E-state index in [9.17, 15) is 14.7 Å². The van der Waals surface area contributed by atoms with Gasteiger partial charge in [0, 0.05) is 31.4 Å². The normalized spacial score (nSPS) is 16.9. The second kappa shape index (κ2) is 17.3. The van der Waals surface area contributed by atoms with Crippen LogP contribution in [0.5, 0.6) is 0 Å². The lowest BCUT2D eigenvalue weighted by molar-refractivity contribution is -0.252. The molecule has 1 aliphatic rings. The van der Waals surface area contributed by atoms with Crippen molar-refractivity contribution in [2.45, 2.75) is 70.3 Å². The van der Waals surface area contributed by atoms with Crippen LogP contribution in [0.15, 0.2) is 128 Å². The number of anilines is 2. The molecule has 2 heterocycles. The number of aromatic nitrogens is 2. The number of nitrogen functional groups attached to an aromatic ring is 1. The lowest BCUT2D eigenvalue weighted by atomic mass is 9.99. The predicted molar refractivity (Wildman–Crippen MR) is 210 cm³/mol. The van der Waals surface area contributed by atoms with Crippen molar-refractivity contribution in [2.75, 3.05) is 11.1 Å². The van der Waals surface area contributed by atoms with E-state index in [1.54, 1.807) is 12.1 Å². The Kier molecular flexibility index (Phi) is 11.7. The van der Waals surface area contributed by atoms with Crippen molar-refractivity contribution in [1.29, 1.82) is 0 Å². The summed E-state index contributed by atoms with van der Waals surface area (Å²) in [5.74, 6) is -0.165. The number of aliphatic hydroxyl groups is 1. The summed E-state index contributed by atoms with van der Waals surface area (Å²) in [6, 6.07) is 39.5. The molecule has 1 fully saturated rings. The number of amides is 2. The van der Waals surface area contributed by atoms with Gasteiger partial charge in [0.1, 0.15) is 0 Å². The third-order valence-electron chi connectivity index (χ3n) is 9.77. The first-order valence-corrected chi connectivity index (χ1v) is 18.4. The topological polar surface area (TPSA) is 141 Å². The van der Waals surface area contributed by atoms with Gasteiger partial charge in [0.2, 0.25) is 11.8 Å². The van der Waals surface area contributed by atoms with Crippen LogP contribution in [-0.2, 0) is 38.8 Å². The van der Waals surface area contributed by atoms with Crippen LogP contribution in [0, 0.1) is 0 Å². The molecule has 0 radical (unpaired) electrons. The fourth-order valence-electron chi connectivity index (χ4n) is 6.79. The van der Waals surface area contributed by atoms with Gasteiger partial charge in [-0.05, 0) is 71.0 Å². The van der Waals surface area contributed by atoms with E-state index in [-0.39, 0.29) is 30.6 Å². The molecule has 0 aliphatic carbocycles. The molecule has 0 unspecified atom stereocenters.